The number of anilines is 2. The van der Waals surface area contributed by atoms with Crippen LogP contribution in [-0.2, 0) is 0 Å². The van der Waals surface area contributed by atoms with E-state index in [9.17, 15) is 0 Å². The molecule has 0 radical (unpaired) electrons. The summed E-state index contributed by atoms with van der Waals surface area (Å²) in [4.78, 5) is 2.31. The van der Waals surface area contributed by atoms with Gasteiger partial charge in [0.15, 0.2) is 0 Å². The summed E-state index contributed by atoms with van der Waals surface area (Å²) < 4.78 is 0. The normalized spacial score (nSPS) is 10.7. The molecule has 0 saturated heterocycles. The molecule has 84 valence electrons. The summed E-state index contributed by atoms with van der Waals surface area (Å²) in [6.45, 7) is 10.7. The molecule has 0 spiro atoms. The number of nitrogens with two attached hydrogens (primary N) is 1. The first-order valence-corrected chi connectivity index (χ1v) is 5.74. The van der Waals surface area contributed by atoms with E-state index >= 15 is 0 Å². The maximum Gasteiger partial charge on any atom is 0.0386 e. The van der Waals surface area contributed by atoms with E-state index in [4.69, 9.17) is 5.73 Å². The number of nitrogens with zero attached hydrogens (tertiary/aromatic N) is 1. The molecular weight excluding hydrogens is 184 g/mol. The number of benzene rings is 1. The van der Waals surface area contributed by atoms with Crippen LogP contribution in [0.3, 0.4) is 0 Å². The molecule has 0 fully saturated rings. The Balaban J connectivity index is 3.00. The van der Waals surface area contributed by atoms with E-state index in [-0.39, 0.29) is 0 Å². The molecule has 2 nitrogen and oxygen atoms in total. The monoisotopic (exact) mass is 206 g/mol. The van der Waals surface area contributed by atoms with E-state index in [1.807, 2.05) is 0 Å². The number of hydrogen-bond acceptors (Lipinski definition) is 2. The van der Waals surface area contributed by atoms with Crippen LogP contribution in [0.2, 0.25) is 0 Å². The molecule has 0 atom stereocenters. The van der Waals surface area contributed by atoms with E-state index in [0.29, 0.717) is 5.92 Å². The Kier molecular flexibility index (Phi) is 4.01. The van der Waals surface area contributed by atoms with Crippen LogP contribution in [-0.4, -0.2) is 13.1 Å². The Hall–Kier alpha value is -1.18. The van der Waals surface area contributed by atoms with Gasteiger partial charge < -0.3 is 10.6 Å². The van der Waals surface area contributed by atoms with Gasteiger partial charge >= 0.3 is 0 Å². The van der Waals surface area contributed by atoms with Gasteiger partial charge in [0.05, 0.1) is 0 Å². The van der Waals surface area contributed by atoms with Gasteiger partial charge in [-0.1, -0.05) is 19.9 Å². The molecule has 0 aliphatic heterocycles. The van der Waals surface area contributed by atoms with E-state index < -0.39 is 0 Å². The summed E-state index contributed by atoms with van der Waals surface area (Å²) >= 11 is 0. The van der Waals surface area contributed by atoms with Crippen molar-refractivity contribution in [2.45, 2.75) is 33.6 Å². The highest BCUT2D eigenvalue weighted by molar-refractivity contribution is 5.60. The minimum Gasteiger partial charge on any atom is -0.398 e. The van der Waals surface area contributed by atoms with Crippen LogP contribution in [0.1, 0.15) is 39.2 Å². The second-order valence-electron chi connectivity index (χ2n) is 4.14. The van der Waals surface area contributed by atoms with E-state index in [1.165, 1.54) is 11.3 Å². The van der Waals surface area contributed by atoms with E-state index in [1.54, 1.807) is 0 Å². The molecule has 0 aliphatic rings. The Morgan fingerprint density at radius 3 is 2.20 bits per heavy atom. The number of nitrogen functional groups attached to an aromatic ring is 1. The molecule has 15 heavy (non-hydrogen) atoms. The highest BCUT2D eigenvalue weighted by Crippen LogP contribution is 2.26. The van der Waals surface area contributed by atoms with Crippen molar-refractivity contribution in [3.63, 3.8) is 0 Å². The van der Waals surface area contributed by atoms with Crippen molar-refractivity contribution in [2.75, 3.05) is 23.7 Å². The van der Waals surface area contributed by atoms with Crippen molar-refractivity contribution in [3.05, 3.63) is 23.8 Å². The standard InChI is InChI=1S/C13H22N2/c1-5-15(6-2)11-7-8-12(10(3)4)13(14)9-11/h7-10H,5-6,14H2,1-4H3. The second kappa shape index (κ2) is 5.06. The molecule has 0 aliphatic carbocycles. The molecule has 0 aromatic heterocycles. The van der Waals surface area contributed by atoms with Gasteiger partial charge in [0.2, 0.25) is 0 Å². The zero-order chi connectivity index (χ0) is 11.4. The lowest BCUT2D eigenvalue weighted by Gasteiger charge is -2.22. The predicted octanol–water partition coefficient (Wildman–Crippen LogP) is 3.24. The number of rotatable bonds is 4. The topological polar surface area (TPSA) is 29.3 Å². The minimum absolute atomic E-state index is 0.496. The van der Waals surface area contributed by atoms with Crippen molar-refractivity contribution < 1.29 is 0 Å². The van der Waals surface area contributed by atoms with Crippen LogP contribution in [0.15, 0.2) is 18.2 Å². The van der Waals surface area contributed by atoms with Gasteiger partial charge in [-0.2, -0.15) is 0 Å². The molecule has 2 N–H and O–H groups in total. The maximum absolute atomic E-state index is 6.04. The average Bonchev–Trinajstić information content (AvgIpc) is 2.19. The van der Waals surface area contributed by atoms with Gasteiger partial charge in [0.25, 0.3) is 0 Å². The molecule has 0 heterocycles. The summed E-state index contributed by atoms with van der Waals surface area (Å²) in [5.41, 5.74) is 9.42. The summed E-state index contributed by atoms with van der Waals surface area (Å²) in [5.74, 6) is 0.496. The fraction of sp³-hybridized carbons (Fsp3) is 0.538. The largest absolute Gasteiger partial charge is 0.398 e. The van der Waals surface area contributed by atoms with Gasteiger partial charge in [-0.3, -0.25) is 0 Å². The predicted molar refractivity (Wildman–Crippen MR) is 68.5 cm³/mol. The third kappa shape index (κ3) is 2.65. The van der Waals surface area contributed by atoms with Crippen LogP contribution in [0.5, 0.6) is 0 Å². The van der Waals surface area contributed by atoms with Gasteiger partial charge in [-0.15, -0.1) is 0 Å². The quantitative estimate of drug-likeness (QED) is 0.766. The first-order chi connectivity index (χ1) is 7.10. The highest BCUT2D eigenvalue weighted by atomic mass is 15.1. The Labute approximate surface area is 93.1 Å². The maximum atomic E-state index is 6.04. The fourth-order valence-corrected chi connectivity index (χ4v) is 1.87. The summed E-state index contributed by atoms with van der Waals surface area (Å²) in [6.07, 6.45) is 0. The molecule has 1 aromatic carbocycles. The summed E-state index contributed by atoms with van der Waals surface area (Å²) in [5, 5.41) is 0. The highest BCUT2D eigenvalue weighted by Gasteiger charge is 2.07. The zero-order valence-corrected chi connectivity index (χ0v) is 10.2. The Morgan fingerprint density at radius 2 is 1.80 bits per heavy atom. The third-order valence-corrected chi connectivity index (χ3v) is 2.82. The summed E-state index contributed by atoms with van der Waals surface area (Å²) in [7, 11) is 0. The smallest absolute Gasteiger partial charge is 0.0386 e. The van der Waals surface area contributed by atoms with Crippen molar-refractivity contribution in [1.82, 2.24) is 0 Å². The van der Waals surface area contributed by atoms with Gasteiger partial charge in [-0.05, 0) is 37.5 Å². The van der Waals surface area contributed by atoms with Crippen LogP contribution in [0.25, 0.3) is 0 Å². The molecule has 0 bridgehead atoms. The van der Waals surface area contributed by atoms with Crippen LogP contribution < -0.4 is 10.6 Å². The second-order valence-corrected chi connectivity index (χ2v) is 4.14. The molecule has 0 unspecified atom stereocenters. The van der Waals surface area contributed by atoms with Crippen molar-refractivity contribution >= 4 is 11.4 Å². The first kappa shape index (κ1) is 11.9. The SMILES string of the molecule is CCN(CC)c1ccc(C(C)C)c(N)c1. The fourth-order valence-electron chi connectivity index (χ4n) is 1.87. The first-order valence-electron chi connectivity index (χ1n) is 5.74. The van der Waals surface area contributed by atoms with Crippen molar-refractivity contribution in [3.8, 4) is 0 Å². The van der Waals surface area contributed by atoms with Gasteiger partial charge in [0, 0.05) is 24.5 Å². The van der Waals surface area contributed by atoms with E-state index in [2.05, 4.69) is 50.8 Å². The third-order valence-electron chi connectivity index (χ3n) is 2.82. The van der Waals surface area contributed by atoms with E-state index in [0.717, 1.165) is 18.8 Å². The lowest BCUT2D eigenvalue weighted by molar-refractivity contribution is 0.854. The Morgan fingerprint density at radius 1 is 1.20 bits per heavy atom. The molecule has 1 rings (SSSR count). The molecule has 0 saturated carbocycles. The van der Waals surface area contributed by atoms with Crippen molar-refractivity contribution in [2.24, 2.45) is 0 Å². The molecule has 2 heteroatoms. The van der Waals surface area contributed by atoms with Crippen molar-refractivity contribution in [1.29, 1.82) is 0 Å². The molecule has 1 aromatic rings. The lowest BCUT2D eigenvalue weighted by Crippen LogP contribution is -2.21. The van der Waals surface area contributed by atoms with Crippen LogP contribution in [0, 0.1) is 0 Å². The van der Waals surface area contributed by atoms with Gasteiger partial charge in [-0.25, -0.2) is 0 Å². The number of hydrogen-bond donors (Lipinski definition) is 1. The molecular formula is C13H22N2. The van der Waals surface area contributed by atoms with Crippen LogP contribution >= 0.6 is 0 Å². The Bertz CT molecular complexity index is 314. The molecule has 0 amide bonds. The average molecular weight is 206 g/mol. The van der Waals surface area contributed by atoms with Gasteiger partial charge in [0.1, 0.15) is 0 Å². The zero-order valence-electron chi connectivity index (χ0n) is 10.2. The lowest BCUT2D eigenvalue weighted by atomic mass is 10.0. The van der Waals surface area contributed by atoms with Crippen LogP contribution in [0.4, 0.5) is 11.4 Å². The minimum atomic E-state index is 0.496. The summed E-state index contributed by atoms with van der Waals surface area (Å²) in [6, 6.07) is 6.40.